The number of hydrogen-bond acceptors (Lipinski definition) is 5. The zero-order valence-electron chi connectivity index (χ0n) is 11.6. The van der Waals surface area contributed by atoms with Crippen LogP contribution in [0.4, 0.5) is 0 Å². The van der Waals surface area contributed by atoms with E-state index in [9.17, 15) is 0 Å². The third-order valence-electron chi connectivity index (χ3n) is 3.23. The second-order valence-corrected chi connectivity index (χ2v) is 6.70. The van der Waals surface area contributed by atoms with Crippen LogP contribution in [0.1, 0.15) is 5.69 Å². The fraction of sp³-hybridized carbons (Fsp3) is 0.0667. The van der Waals surface area contributed by atoms with E-state index < -0.39 is 0 Å². The molecular formula is C15H10BrN5S. The van der Waals surface area contributed by atoms with Crippen LogP contribution in [0.25, 0.3) is 26.9 Å². The number of benzene rings is 1. The van der Waals surface area contributed by atoms with Crippen molar-refractivity contribution in [1.82, 2.24) is 24.8 Å². The van der Waals surface area contributed by atoms with Gasteiger partial charge < -0.3 is 0 Å². The third kappa shape index (κ3) is 2.32. The summed E-state index contributed by atoms with van der Waals surface area (Å²) in [6.45, 7) is 1.97. The normalized spacial score (nSPS) is 11.2. The zero-order valence-corrected chi connectivity index (χ0v) is 14.0. The first-order valence-corrected chi connectivity index (χ1v) is 8.23. The molecule has 0 atom stereocenters. The number of aryl methyl sites for hydroxylation is 1. The molecule has 108 valence electrons. The van der Waals surface area contributed by atoms with E-state index in [2.05, 4.69) is 36.2 Å². The maximum absolute atomic E-state index is 4.63. The highest BCUT2D eigenvalue weighted by molar-refractivity contribution is 9.10. The number of pyridine rings is 1. The van der Waals surface area contributed by atoms with Crippen LogP contribution in [-0.2, 0) is 0 Å². The molecule has 7 heteroatoms. The lowest BCUT2D eigenvalue weighted by atomic mass is 10.2. The van der Waals surface area contributed by atoms with Crippen molar-refractivity contribution in [3.63, 3.8) is 0 Å². The van der Waals surface area contributed by atoms with Crippen LogP contribution in [0.5, 0.6) is 0 Å². The summed E-state index contributed by atoms with van der Waals surface area (Å²) in [7, 11) is 0. The molecule has 0 bridgehead atoms. The predicted octanol–water partition coefficient (Wildman–Crippen LogP) is 3.99. The van der Waals surface area contributed by atoms with E-state index in [1.54, 1.807) is 4.52 Å². The second kappa shape index (κ2) is 5.26. The SMILES string of the molecule is Cc1ccc(-c2nn3c(-c4cccc(Br)c4)nnc3s2)cn1. The first kappa shape index (κ1) is 13.5. The highest BCUT2D eigenvalue weighted by Crippen LogP contribution is 2.28. The van der Waals surface area contributed by atoms with Crippen LogP contribution in [0.15, 0.2) is 47.1 Å². The van der Waals surface area contributed by atoms with Crippen molar-refractivity contribution in [1.29, 1.82) is 0 Å². The van der Waals surface area contributed by atoms with Gasteiger partial charge in [0.05, 0.1) is 0 Å². The average Bonchev–Trinajstić information content (AvgIpc) is 3.08. The van der Waals surface area contributed by atoms with Gasteiger partial charge in [-0.2, -0.15) is 9.61 Å². The molecule has 5 nitrogen and oxygen atoms in total. The fourth-order valence-corrected chi connectivity index (χ4v) is 3.36. The van der Waals surface area contributed by atoms with E-state index in [0.717, 1.165) is 37.1 Å². The van der Waals surface area contributed by atoms with Gasteiger partial charge >= 0.3 is 0 Å². The molecular weight excluding hydrogens is 362 g/mol. The molecule has 0 aliphatic rings. The van der Waals surface area contributed by atoms with Crippen LogP contribution in [-0.4, -0.2) is 24.8 Å². The number of hydrogen-bond donors (Lipinski definition) is 0. The lowest BCUT2D eigenvalue weighted by molar-refractivity contribution is 0.969. The van der Waals surface area contributed by atoms with Crippen molar-refractivity contribution in [2.75, 3.05) is 0 Å². The third-order valence-corrected chi connectivity index (χ3v) is 4.67. The molecule has 0 saturated heterocycles. The van der Waals surface area contributed by atoms with Gasteiger partial charge in [0.1, 0.15) is 5.01 Å². The van der Waals surface area contributed by atoms with Gasteiger partial charge in [0.2, 0.25) is 4.96 Å². The van der Waals surface area contributed by atoms with E-state index in [4.69, 9.17) is 0 Å². The van der Waals surface area contributed by atoms with Gasteiger partial charge in [0, 0.05) is 27.5 Å². The summed E-state index contributed by atoms with van der Waals surface area (Å²) in [5, 5.41) is 14.0. The van der Waals surface area contributed by atoms with Gasteiger partial charge in [-0.1, -0.05) is 39.4 Å². The molecule has 4 rings (SSSR count). The lowest BCUT2D eigenvalue weighted by Gasteiger charge is -1.98. The van der Waals surface area contributed by atoms with Gasteiger partial charge in [-0.15, -0.1) is 10.2 Å². The largest absolute Gasteiger partial charge is 0.261 e. The number of halogens is 1. The molecule has 0 fully saturated rings. The van der Waals surface area contributed by atoms with E-state index in [-0.39, 0.29) is 0 Å². The monoisotopic (exact) mass is 371 g/mol. The van der Waals surface area contributed by atoms with Crippen molar-refractivity contribution < 1.29 is 0 Å². The molecule has 0 aliphatic heterocycles. The van der Waals surface area contributed by atoms with Crippen molar-refractivity contribution in [2.45, 2.75) is 6.92 Å². The summed E-state index contributed by atoms with van der Waals surface area (Å²) < 4.78 is 2.78. The van der Waals surface area contributed by atoms with Gasteiger partial charge in [-0.25, -0.2) is 0 Å². The van der Waals surface area contributed by atoms with Gasteiger partial charge in [-0.3, -0.25) is 4.98 Å². The lowest BCUT2D eigenvalue weighted by Crippen LogP contribution is -1.91. The summed E-state index contributed by atoms with van der Waals surface area (Å²) in [6, 6.07) is 11.9. The number of aromatic nitrogens is 5. The number of nitrogens with zero attached hydrogens (tertiary/aromatic N) is 5. The molecule has 4 aromatic rings. The molecule has 3 aromatic heterocycles. The van der Waals surface area contributed by atoms with Gasteiger partial charge in [0.25, 0.3) is 0 Å². The minimum Gasteiger partial charge on any atom is -0.261 e. The van der Waals surface area contributed by atoms with E-state index in [0.29, 0.717) is 0 Å². The first-order chi connectivity index (χ1) is 10.7. The molecule has 0 N–H and O–H groups in total. The maximum atomic E-state index is 4.63. The Labute approximate surface area is 138 Å². The maximum Gasteiger partial charge on any atom is 0.235 e. The summed E-state index contributed by atoms with van der Waals surface area (Å²) in [5.41, 5.74) is 2.95. The summed E-state index contributed by atoms with van der Waals surface area (Å²) in [4.78, 5) is 5.09. The van der Waals surface area contributed by atoms with Crippen LogP contribution in [0.3, 0.4) is 0 Å². The number of rotatable bonds is 2. The Balaban J connectivity index is 1.84. The van der Waals surface area contributed by atoms with Crippen LogP contribution in [0, 0.1) is 6.92 Å². The Hall–Kier alpha value is -2.12. The topological polar surface area (TPSA) is 56.0 Å². The minimum atomic E-state index is 0.735. The molecule has 0 saturated carbocycles. The van der Waals surface area contributed by atoms with Crippen LogP contribution >= 0.6 is 27.3 Å². The minimum absolute atomic E-state index is 0.735. The van der Waals surface area contributed by atoms with E-state index in [1.165, 1.54) is 11.3 Å². The Morgan fingerprint density at radius 2 is 2.00 bits per heavy atom. The molecule has 3 heterocycles. The Bertz CT molecular complexity index is 958. The smallest absolute Gasteiger partial charge is 0.235 e. The van der Waals surface area contributed by atoms with Crippen molar-refractivity contribution in [3.8, 4) is 22.0 Å². The molecule has 0 amide bonds. The van der Waals surface area contributed by atoms with Crippen LogP contribution < -0.4 is 0 Å². The fourth-order valence-electron chi connectivity index (χ4n) is 2.14. The summed E-state index contributed by atoms with van der Waals surface area (Å²) >= 11 is 4.98. The zero-order chi connectivity index (χ0) is 15.1. The van der Waals surface area contributed by atoms with E-state index in [1.807, 2.05) is 49.5 Å². The molecule has 0 spiro atoms. The average molecular weight is 372 g/mol. The Morgan fingerprint density at radius 1 is 1.09 bits per heavy atom. The Kier molecular flexibility index (Phi) is 3.24. The second-order valence-electron chi connectivity index (χ2n) is 4.82. The Morgan fingerprint density at radius 3 is 2.77 bits per heavy atom. The predicted molar refractivity (Wildman–Crippen MR) is 89.8 cm³/mol. The molecule has 0 aliphatic carbocycles. The summed E-state index contributed by atoms with van der Waals surface area (Å²) in [5.74, 6) is 0.735. The van der Waals surface area contributed by atoms with Gasteiger partial charge in [-0.05, 0) is 31.2 Å². The first-order valence-electron chi connectivity index (χ1n) is 6.62. The van der Waals surface area contributed by atoms with Crippen molar-refractivity contribution >= 4 is 32.2 Å². The highest BCUT2D eigenvalue weighted by Gasteiger charge is 2.14. The summed E-state index contributed by atoms with van der Waals surface area (Å²) in [6.07, 6.45) is 1.83. The molecule has 0 unspecified atom stereocenters. The quantitative estimate of drug-likeness (QED) is 0.534. The van der Waals surface area contributed by atoms with Crippen molar-refractivity contribution in [3.05, 3.63) is 52.8 Å². The van der Waals surface area contributed by atoms with Crippen molar-refractivity contribution in [2.24, 2.45) is 0 Å². The standard InChI is InChI=1S/C15H10BrN5S/c1-9-5-6-11(8-17-9)14-20-21-13(18-19-15(21)22-14)10-3-2-4-12(16)7-10/h2-8H,1H3. The van der Waals surface area contributed by atoms with Crippen LogP contribution in [0.2, 0.25) is 0 Å². The van der Waals surface area contributed by atoms with E-state index >= 15 is 0 Å². The number of fused-ring (bicyclic) bond motifs is 1. The molecule has 0 radical (unpaired) electrons. The molecule has 22 heavy (non-hydrogen) atoms. The van der Waals surface area contributed by atoms with Gasteiger partial charge in [0.15, 0.2) is 5.82 Å². The highest BCUT2D eigenvalue weighted by atomic mass is 79.9. The molecule has 1 aromatic carbocycles.